The van der Waals surface area contributed by atoms with Crippen molar-refractivity contribution in [3.05, 3.63) is 34.1 Å². The maximum absolute atomic E-state index is 13.0. The standard InChI is InChI=1S/C13H18BrFN2O/c1-3-17(4-2)13(18)9-16-8-10-5-6-12(15)11(14)7-10/h5-7,16H,3-4,8-9H2,1-2H3. The highest BCUT2D eigenvalue weighted by Crippen LogP contribution is 2.16. The van der Waals surface area contributed by atoms with Crippen LogP contribution in [0.3, 0.4) is 0 Å². The molecule has 0 aliphatic carbocycles. The van der Waals surface area contributed by atoms with Gasteiger partial charge in [0.25, 0.3) is 0 Å². The van der Waals surface area contributed by atoms with Crippen LogP contribution in [0.5, 0.6) is 0 Å². The molecule has 100 valence electrons. The number of nitrogens with one attached hydrogen (secondary N) is 1. The molecule has 0 aliphatic rings. The van der Waals surface area contributed by atoms with Gasteiger partial charge in [-0.2, -0.15) is 0 Å². The summed E-state index contributed by atoms with van der Waals surface area (Å²) in [5.41, 5.74) is 0.940. The fourth-order valence-corrected chi connectivity index (χ4v) is 2.08. The molecule has 1 rings (SSSR count). The first kappa shape index (κ1) is 15.1. The third kappa shape index (κ3) is 4.38. The van der Waals surface area contributed by atoms with E-state index in [2.05, 4.69) is 21.2 Å². The summed E-state index contributed by atoms with van der Waals surface area (Å²) in [5.74, 6) is -0.195. The van der Waals surface area contributed by atoms with Gasteiger partial charge in [0.2, 0.25) is 5.91 Å². The van der Waals surface area contributed by atoms with E-state index in [0.717, 1.165) is 18.7 Å². The van der Waals surface area contributed by atoms with Crippen molar-refractivity contribution < 1.29 is 9.18 Å². The molecule has 0 radical (unpaired) electrons. The molecular weight excluding hydrogens is 299 g/mol. The Kier molecular flexibility index (Phi) is 6.29. The molecule has 0 bridgehead atoms. The van der Waals surface area contributed by atoms with Gasteiger partial charge in [-0.05, 0) is 47.5 Å². The molecule has 1 N–H and O–H groups in total. The van der Waals surface area contributed by atoms with Crippen LogP contribution in [0.15, 0.2) is 22.7 Å². The Bertz CT molecular complexity index is 408. The molecule has 0 heterocycles. The average Bonchev–Trinajstić information content (AvgIpc) is 2.35. The molecule has 1 aromatic carbocycles. The lowest BCUT2D eigenvalue weighted by Crippen LogP contribution is -2.37. The van der Waals surface area contributed by atoms with Gasteiger partial charge < -0.3 is 10.2 Å². The van der Waals surface area contributed by atoms with Gasteiger partial charge in [0.1, 0.15) is 5.82 Å². The van der Waals surface area contributed by atoms with Crippen molar-refractivity contribution in [2.45, 2.75) is 20.4 Å². The van der Waals surface area contributed by atoms with Crippen LogP contribution in [0.2, 0.25) is 0 Å². The SMILES string of the molecule is CCN(CC)C(=O)CNCc1ccc(F)c(Br)c1. The fraction of sp³-hybridized carbons (Fsp3) is 0.462. The second-order valence-electron chi connectivity index (χ2n) is 3.92. The number of benzene rings is 1. The smallest absolute Gasteiger partial charge is 0.236 e. The normalized spacial score (nSPS) is 10.4. The highest BCUT2D eigenvalue weighted by molar-refractivity contribution is 9.10. The Balaban J connectivity index is 2.41. The molecule has 3 nitrogen and oxygen atoms in total. The molecule has 5 heteroatoms. The molecule has 1 amide bonds. The molecule has 0 saturated heterocycles. The Morgan fingerprint density at radius 3 is 2.61 bits per heavy atom. The second-order valence-corrected chi connectivity index (χ2v) is 4.77. The van der Waals surface area contributed by atoms with E-state index in [1.165, 1.54) is 6.07 Å². The van der Waals surface area contributed by atoms with Gasteiger partial charge in [-0.15, -0.1) is 0 Å². The maximum Gasteiger partial charge on any atom is 0.236 e. The zero-order valence-electron chi connectivity index (χ0n) is 10.7. The van der Waals surface area contributed by atoms with E-state index in [9.17, 15) is 9.18 Å². The predicted octanol–water partition coefficient (Wildman–Crippen LogP) is 2.55. The lowest BCUT2D eigenvalue weighted by molar-refractivity contribution is -0.129. The van der Waals surface area contributed by atoms with Crippen LogP contribution in [0.1, 0.15) is 19.4 Å². The zero-order valence-corrected chi connectivity index (χ0v) is 12.3. The fourth-order valence-electron chi connectivity index (χ4n) is 1.65. The van der Waals surface area contributed by atoms with Gasteiger partial charge in [-0.3, -0.25) is 4.79 Å². The van der Waals surface area contributed by atoms with E-state index in [1.807, 2.05) is 13.8 Å². The minimum Gasteiger partial charge on any atom is -0.342 e. The summed E-state index contributed by atoms with van der Waals surface area (Å²) in [6, 6.07) is 4.83. The number of rotatable bonds is 6. The molecule has 0 aromatic heterocycles. The van der Waals surface area contributed by atoms with Crippen molar-refractivity contribution in [1.29, 1.82) is 0 Å². The van der Waals surface area contributed by atoms with Crippen molar-refractivity contribution in [2.75, 3.05) is 19.6 Å². The number of likely N-dealkylation sites (N-methyl/N-ethyl adjacent to an activating group) is 1. The largest absolute Gasteiger partial charge is 0.342 e. The maximum atomic E-state index is 13.0. The summed E-state index contributed by atoms with van der Waals surface area (Å²) < 4.78 is 13.5. The van der Waals surface area contributed by atoms with Gasteiger partial charge in [0, 0.05) is 19.6 Å². The van der Waals surface area contributed by atoms with E-state index >= 15 is 0 Å². The van der Waals surface area contributed by atoms with Crippen molar-refractivity contribution in [2.24, 2.45) is 0 Å². The average molecular weight is 317 g/mol. The first-order valence-electron chi connectivity index (χ1n) is 6.00. The highest BCUT2D eigenvalue weighted by atomic mass is 79.9. The summed E-state index contributed by atoms with van der Waals surface area (Å²) >= 11 is 3.13. The summed E-state index contributed by atoms with van der Waals surface area (Å²) in [6.07, 6.45) is 0. The van der Waals surface area contributed by atoms with Crippen molar-refractivity contribution in [3.8, 4) is 0 Å². The molecule has 0 unspecified atom stereocenters. The summed E-state index contributed by atoms with van der Waals surface area (Å²) in [4.78, 5) is 13.5. The van der Waals surface area contributed by atoms with Gasteiger partial charge in [-0.25, -0.2) is 4.39 Å². The Morgan fingerprint density at radius 1 is 1.39 bits per heavy atom. The number of carbonyl (C=O) groups is 1. The van der Waals surface area contributed by atoms with Crippen LogP contribution in [-0.2, 0) is 11.3 Å². The topological polar surface area (TPSA) is 32.3 Å². The van der Waals surface area contributed by atoms with E-state index in [0.29, 0.717) is 17.6 Å². The second kappa shape index (κ2) is 7.48. The van der Waals surface area contributed by atoms with Gasteiger partial charge >= 0.3 is 0 Å². The molecule has 0 spiro atoms. The van der Waals surface area contributed by atoms with Gasteiger partial charge in [-0.1, -0.05) is 6.07 Å². The minimum atomic E-state index is -0.280. The number of carbonyl (C=O) groups excluding carboxylic acids is 1. The van der Waals surface area contributed by atoms with Crippen LogP contribution < -0.4 is 5.32 Å². The summed E-state index contributed by atoms with van der Waals surface area (Å²) in [7, 11) is 0. The predicted molar refractivity (Wildman–Crippen MR) is 73.7 cm³/mol. The van der Waals surface area contributed by atoms with Crippen molar-refractivity contribution in [1.82, 2.24) is 10.2 Å². The van der Waals surface area contributed by atoms with E-state index < -0.39 is 0 Å². The van der Waals surface area contributed by atoms with Crippen molar-refractivity contribution >= 4 is 21.8 Å². The highest BCUT2D eigenvalue weighted by Gasteiger charge is 2.08. The van der Waals surface area contributed by atoms with Gasteiger partial charge in [0.15, 0.2) is 0 Å². The zero-order chi connectivity index (χ0) is 13.5. The first-order valence-corrected chi connectivity index (χ1v) is 6.80. The molecule has 0 atom stereocenters. The van der Waals surface area contributed by atoms with Crippen LogP contribution in [-0.4, -0.2) is 30.4 Å². The third-order valence-corrected chi connectivity index (χ3v) is 3.31. The van der Waals surface area contributed by atoms with E-state index in [-0.39, 0.29) is 11.7 Å². The van der Waals surface area contributed by atoms with Gasteiger partial charge in [0.05, 0.1) is 11.0 Å². The van der Waals surface area contributed by atoms with Crippen LogP contribution >= 0.6 is 15.9 Å². The van der Waals surface area contributed by atoms with Crippen LogP contribution in [0, 0.1) is 5.82 Å². The molecular formula is C13H18BrFN2O. The number of amides is 1. The van der Waals surface area contributed by atoms with E-state index in [1.54, 1.807) is 17.0 Å². The minimum absolute atomic E-state index is 0.0844. The molecule has 1 aromatic rings. The third-order valence-electron chi connectivity index (χ3n) is 2.71. The number of nitrogens with zero attached hydrogens (tertiary/aromatic N) is 1. The van der Waals surface area contributed by atoms with E-state index in [4.69, 9.17) is 0 Å². The molecule has 0 saturated carbocycles. The Labute approximate surface area is 115 Å². The van der Waals surface area contributed by atoms with Crippen LogP contribution in [0.4, 0.5) is 4.39 Å². The summed E-state index contributed by atoms with van der Waals surface area (Å²) in [6.45, 7) is 6.21. The molecule has 0 aliphatic heterocycles. The first-order chi connectivity index (χ1) is 8.58. The lowest BCUT2D eigenvalue weighted by atomic mass is 10.2. The van der Waals surface area contributed by atoms with Crippen LogP contribution in [0.25, 0.3) is 0 Å². The number of hydrogen-bond donors (Lipinski definition) is 1. The summed E-state index contributed by atoms with van der Waals surface area (Å²) in [5, 5.41) is 3.06. The quantitative estimate of drug-likeness (QED) is 0.874. The Morgan fingerprint density at radius 2 is 2.06 bits per heavy atom. The Hall–Kier alpha value is -0.940. The number of halogens is 2. The van der Waals surface area contributed by atoms with Crippen molar-refractivity contribution in [3.63, 3.8) is 0 Å². The monoisotopic (exact) mass is 316 g/mol. The molecule has 0 fully saturated rings. The molecule has 18 heavy (non-hydrogen) atoms. The lowest BCUT2D eigenvalue weighted by Gasteiger charge is -2.18. The number of hydrogen-bond acceptors (Lipinski definition) is 2.